The first-order chi connectivity index (χ1) is 9.94. The molecule has 0 spiro atoms. The molecule has 22 heavy (non-hydrogen) atoms. The van der Waals surface area contributed by atoms with E-state index in [1.807, 2.05) is 0 Å². The lowest BCUT2D eigenvalue weighted by Crippen LogP contribution is -2.44. The molecule has 0 saturated heterocycles. The van der Waals surface area contributed by atoms with Gasteiger partial charge >= 0.3 is 0 Å². The number of hydrogen-bond donors (Lipinski definition) is 2. The molecule has 0 aromatic heterocycles. The third-order valence-corrected chi connectivity index (χ3v) is 5.36. The van der Waals surface area contributed by atoms with Crippen LogP contribution in [-0.4, -0.2) is 25.9 Å². The molecule has 0 heterocycles. The average molecular weight is 350 g/mol. The second kappa shape index (κ2) is 7.87. The summed E-state index contributed by atoms with van der Waals surface area (Å²) in [6.07, 6.45) is 4.08. The van der Waals surface area contributed by atoms with Gasteiger partial charge < -0.3 is 5.73 Å². The molecule has 1 atom stereocenters. The molecule has 1 fully saturated rings. The first-order valence-corrected chi connectivity index (χ1v) is 8.39. The largest absolute Gasteiger partial charge is 0.329 e. The van der Waals surface area contributed by atoms with E-state index in [1.165, 1.54) is 18.2 Å². The molecular formula is C13H20ClN3O4S. The molecule has 0 aliphatic heterocycles. The van der Waals surface area contributed by atoms with Crippen LogP contribution in [0.25, 0.3) is 0 Å². The van der Waals surface area contributed by atoms with E-state index in [4.69, 9.17) is 5.73 Å². The summed E-state index contributed by atoms with van der Waals surface area (Å²) < 4.78 is 27.3. The zero-order valence-corrected chi connectivity index (χ0v) is 13.6. The second-order valence-electron chi connectivity index (χ2n) is 5.26. The predicted octanol–water partition coefficient (Wildman–Crippen LogP) is 1.81. The molecule has 0 radical (unpaired) electrons. The highest BCUT2D eigenvalue weighted by Crippen LogP contribution is 2.28. The summed E-state index contributed by atoms with van der Waals surface area (Å²) in [4.78, 5) is 10.0. The lowest BCUT2D eigenvalue weighted by atomic mass is 9.99. The highest BCUT2D eigenvalue weighted by molar-refractivity contribution is 7.89. The summed E-state index contributed by atoms with van der Waals surface area (Å²) >= 11 is 0. The minimum absolute atomic E-state index is 0. The van der Waals surface area contributed by atoms with Gasteiger partial charge in [0.25, 0.3) is 5.69 Å². The molecule has 7 nitrogen and oxygen atoms in total. The summed E-state index contributed by atoms with van der Waals surface area (Å²) in [6, 6.07) is 4.70. The fourth-order valence-electron chi connectivity index (χ4n) is 2.73. The number of nitrogens with one attached hydrogen (secondary N) is 1. The Bertz CT molecular complexity index is 617. The zero-order chi connectivity index (χ0) is 15.5. The van der Waals surface area contributed by atoms with Crippen LogP contribution >= 0.6 is 12.4 Å². The number of nitrogens with zero attached hydrogens (tertiary/aromatic N) is 1. The molecule has 1 unspecified atom stereocenters. The van der Waals surface area contributed by atoms with Gasteiger partial charge in [0, 0.05) is 24.7 Å². The van der Waals surface area contributed by atoms with Gasteiger partial charge in [-0.05, 0) is 24.8 Å². The van der Waals surface area contributed by atoms with Crippen LogP contribution in [0.2, 0.25) is 0 Å². The maximum atomic E-state index is 12.3. The molecule has 1 saturated carbocycles. The normalized spacial score (nSPS) is 17.0. The quantitative estimate of drug-likeness (QED) is 0.600. The molecule has 0 amide bonds. The minimum atomic E-state index is -3.80. The van der Waals surface area contributed by atoms with Crippen LogP contribution in [-0.2, 0) is 10.0 Å². The third-order valence-electron chi connectivity index (χ3n) is 3.87. The SMILES string of the molecule is Cl.NCC(NS(=O)(=O)c1cccc([N+](=O)[O-])c1)C1CCCC1. The topological polar surface area (TPSA) is 115 Å². The fourth-order valence-corrected chi connectivity index (χ4v) is 4.09. The molecule has 1 aromatic carbocycles. The predicted molar refractivity (Wildman–Crippen MR) is 85.5 cm³/mol. The summed E-state index contributed by atoms with van der Waals surface area (Å²) in [5.74, 6) is 0.239. The number of hydrogen-bond acceptors (Lipinski definition) is 5. The summed E-state index contributed by atoms with van der Waals surface area (Å²) in [5.41, 5.74) is 5.43. The number of nitro benzene ring substituents is 1. The van der Waals surface area contributed by atoms with Crippen molar-refractivity contribution in [2.24, 2.45) is 11.7 Å². The maximum absolute atomic E-state index is 12.3. The van der Waals surface area contributed by atoms with Gasteiger partial charge in [-0.1, -0.05) is 18.9 Å². The average Bonchev–Trinajstić information content (AvgIpc) is 2.99. The molecule has 124 valence electrons. The first-order valence-electron chi connectivity index (χ1n) is 6.91. The van der Waals surface area contributed by atoms with Gasteiger partial charge in [-0.15, -0.1) is 12.4 Å². The molecule has 9 heteroatoms. The van der Waals surface area contributed by atoms with Crippen molar-refractivity contribution in [1.82, 2.24) is 4.72 Å². The van der Waals surface area contributed by atoms with Crippen molar-refractivity contribution in [1.29, 1.82) is 0 Å². The summed E-state index contributed by atoms with van der Waals surface area (Å²) in [6.45, 7) is 0.221. The number of sulfonamides is 1. The molecule has 2 rings (SSSR count). The van der Waals surface area contributed by atoms with E-state index < -0.39 is 14.9 Å². The van der Waals surface area contributed by atoms with Crippen LogP contribution in [0.1, 0.15) is 25.7 Å². The number of halogens is 1. The Morgan fingerprint density at radius 1 is 1.36 bits per heavy atom. The molecule has 0 bridgehead atoms. The van der Waals surface area contributed by atoms with Gasteiger partial charge in [-0.3, -0.25) is 10.1 Å². The van der Waals surface area contributed by atoms with E-state index in [0.717, 1.165) is 31.7 Å². The van der Waals surface area contributed by atoms with Gasteiger partial charge in [0.1, 0.15) is 0 Å². The van der Waals surface area contributed by atoms with E-state index in [9.17, 15) is 18.5 Å². The Morgan fingerprint density at radius 3 is 2.55 bits per heavy atom. The van der Waals surface area contributed by atoms with E-state index >= 15 is 0 Å². The fraction of sp³-hybridized carbons (Fsp3) is 0.538. The molecule has 3 N–H and O–H groups in total. The van der Waals surface area contributed by atoms with Crippen molar-refractivity contribution in [3.63, 3.8) is 0 Å². The van der Waals surface area contributed by atoms with Crippen LogP contribution < -0.4 is 10.5 Å². The number of nitro groups is 1. The standard InChI is InChI=1S/C13H19N3O4S.ClH/c14-9-13(10-4-1-2-5-10)15-21(19,20)12-7-3-6-11(8-12)16(17)18;/h3,6-8,10,13,15H,1-2,4-5,9,14H2;1H. The Balaban J connectivity index is 0.00000242. The number of benzene rings is 1. The van der Waals surface area contributed by atoms with Crippen LogP contribution in [0, 0.1) is 16.0 Å². The van der Waals surface area contributed by atoms with Crippen LogP contribution in [0.4, 0.5) is 5.69 Å². The Kier molecular flexibility index (Phi) is 6.73. The van der Waals surface area contributed by atoms with Gasteiger partial charge in [0.15, 0.2) is 0 Å². The number of nitrogens with two attached hydrogens (primary N) is 1. The van der Waals surface area contributed by atoms with Gasteiger partial charge in [0.05, 0.1) is 9.82 Å². The van der Waals surface area contributed by atoms with Crippen molar-refractivity contribution in [2.75, 3.05) is 6.54 Å². The molecule has 1 aliphatic rings. The maximum Gasteiger partial charge on any atom is 0.270 e. The summed E-state index contributed by atoms with van der Waals surface area (Å²) in [5, 5.41) is 10.7. The Morgan fingerprint density at radius 2 is 2.00 bits per heavy atom. The van der Waals surface area contributed by atoms with Gasteiger partial charge in [0.2, 0.25) is 10.0 Å². The van der Waals surface area contributed by atoms with Crippen molar-refractivity contribution in [3.05, 3.63) is 34.4 Å². The smallest absolute Gasteiger partial charge is 0.270 e. The molecular weight excluding hydrogens is 330 g/mol. The van der Waals surface area contributed by atoms with Crippen molar-refractivity contribution in [3.8, 4) is 0 Å². The van der Waals surface area contributed by atoms with E-state index in [-0.39, 0.29) is 41.5 Å². The van der Waals surface area contributed by atoms with Crippen LogP contribution in [0.15, 0.2) is 29.2 Å². The highest BCUT2D eigenvalue weighted by atomic mass is 35.5. The zero-order valence-electron chi connectivity index (χ0n) is 12.0. The molecule has 1 aliphatic carbocycles. The highest BCUT2D eigenvalue weighted by Gasteiger charge is 2.28. The van der Waals surface area contributed by atoms with Crippen LogP contribution in [0.3, 0.4) is 0 Å². The van der Waals surface area contributed by atoms with Crippen molar-refractivity contribution >= 4 is 28.1 Å². The lowest BCUT2D eigenvalue weighted by Gasteiger charge is -2.22. The monoisotopic (exact) mass is 349 g/mol. The van der Waals surface area contributed by atoms with E-state index in [2.05, 4.69) is 4.72 Å². The second-order valence-corrected chi connectivity index (χ2v) is 6.98. The van der Waals surface area contributed by atoms with E-state index in [1.54, 1.807) is 0 Å². The number of rotatable bonds is 6. The summed E-state index contributed by atoms with van der Waals surface area (Å²) in [7, 11) is -3.80. The van der Waals surface area contributed by atoms with E-state index in [0.29, 0.717) is 0 Å². The van der Waals surface area contributed by atoms with Gasteiger partial charge in [-0.2, -0.15) is 0 Å². The number of non-ortho nitro benzene ring substituents is 1. The third kappa shape index (κ3) is 4.39. The Labute approximate surface area is 135 Å². The van der Waals surface area contributed by atoms with Crippen LogP contribution in [0.5, 0.6) is 0 Å². The molecule has 1 aromatic rings. The minimum Gasteiger partial charge on any atom is -0.329 e. The van der Waals surface area contributed by atoms with Crippen molar-refractivity contribution in [2.45, 2.75) is 36.6 Å². The lowest BCUT2D eigenvalue weighted by molar-refractivity contribution is -0.385. The Hall–Kier alpha value is -1.22. The van der Waals surface area contributed by atoms with Crippen molar-refractivity contribution < 1.29 is 13.3 Å². The van der Waals surface area contributed by atoms with Gasteiger partial charge in [-0.25, -0.2) is 13.1 Å². The first kappa shape index (κ1) is 18.8.